The molecule has 29 heavy (non-hydrogen) atoms. The van der Waals surface area contributed by atoms with E-state index < -0.39 is 0 Å². The number of furan rings is 1. The summed E-state index contributed by atoms with van der Waals surface area (Å²) in [4.78, 5) is 10.7. The van der Waals surface area contributed by atoms with Crippen LogP contribution in [0.4, 0.5) is 0 Å². The number of H-pyrrole nitrogens is 1. The Balaban J connectivity index is 0.00000300. The number of aromatic nitrogens is 3. The van der Waals surface area contributed by atoms with E-state index in [4.69, 9.17) is 9.15 Å². The molecule has 0 radical (unpaired) electrons. The van der Waals surface area contributed by atoms with E-state index in [-0.39, 0.29) is 24.0 Å². The van der Waals surface area contributed by atoms with E-state index in [0.29, 0.717) is 37.1 Å². The predicted molar refractivity (Wildman–Crippen MR) is 124 cm³/mol. The summed E-state index contributed by atoms with van der Waals surface area (Å²) in [6.07, 6.45) is 1.60. The van der Waals surface area contributed by atoms with Crippen molar-refractivity contribution in [3.63, 3.8) is 0 Å². The highest BCUT2D eigenvalue weighted by Gasteiger charge is 2.10. The number of rotatable bonds is 7. The van der Waals surface area contributed by atoms with Crippen LogP contribution in [0.25, 0.3) is 11.6 Å². The zero-order chi connectivity index (χ0) is 19.9. The van der Waals surface area contributed by atoms with Crippen molar-refractivity contribution in [2.45, 2.75) is 20.4 Å². The molecule has 0 aliphatic carbocycles. The van der Waals surface area contributed by atoms with Crippen LogP contribution in [0.5, 0.6) is 5.75 Å². The first kappa shape index (κ1) is 22.7. The lowest BCUT2D eigenvalue weighted by Crippen LogP contribution is -2.40. The molecular formula is C20H27IN6O2. The molecular weight excluding hydrogens is 483 g/mol. The minimum Gasteiger partial charge on any atom is -0.492 e. The van der Waals surface area contributed by atoms with E-state index in [1.807, 2.05) is 30.1 Å². The summed E-state index contributed by atoms with van der Waals surface area (Å²) >= 11 is 0. The number of guanidine groups is 1. The Hall–Kier alpha value is -2.56. The van der Waals surface area contributed by atoms with E-state index in [9.17, 15) is 0 Å². The number of halogens is 1. The highest BCUT2D eigenvalue weighted by molar-refractivity contribution is 14.0. The second-order valence-electron chi connectivity index (χ2n) is 6.58. The van der Waals surface area contributed by atoms with Crippen LogP contribution in [-0.4, -0.2) is 53.3 Å². The average molecular weight is 510 g/mol. The third kappa shape index (κ3) is 6.48. The third-order valence-corrected chi connectivity index (χ3v) is 4.15. The van der Waals surface area contributed by atoms with Crippen LogP contribution in [0, 0.1) is 13.8 Å². The zero-order valence-electron chi connectivity index (χ0n) is 17.1. The highest BCUT2D eigenvalue weighted by atomic mass is 127. The Morgan fingerprint density at radius 1 is 1.28 bits per heavy atom. The van der Waals surface area contributed by atoms with Crippen molar-refractivity contribution >= 4 is 29.9 Å². The first-order valence-corrected chi connectivity index (χ1v) is 9.13. The number of nitrogens with zero attached hydrogens (tertiary/aromatic N) is 4. The molecule has 0 bridgehead atoms. The van der Waals surface area contributed by atoms with Crippen molar-refractivity contribution in [3.8, 4) is 17.3 Å². The lowest BCUT2D eigenvalue weighted by molar-refractivity contribution is 0.281. The Bertz CT molecular complexity index is 903. The molecule has 0 saturated carbocycles. The number of aryl methyl sites for hydroxylation is 2. The largest absolute Gasteiger partial charge is 0.492 e. The fourth-order valence-corrected chi connectivity index (χ4v) is 2.86. The van der Waals surface area contributed by atoms with E-state index in [1.165, 1.54) is 11.1 Å². The quantitative estimate of drug-likeness (QED) is 0.288. The number of ether oxygens (including phenoxy) is 1. The van der Waals surface area contributed by atoms with E-state index in [0.717, 1.165) is 11.7 Å². The molecule has 3 aromatic rings. The summed E-state index contributed by atoms with van der Waals surface area (Å²) in [5.41, 5.74) is 2.39. The highest BCUT2D eigenvalue weighted by Crippen LogP contribution is 2.16. The van der Waals surface area contributed by atoms with Gasteiger partial charge in [-0.25, -0.2) is 4.98 Å². The van der Waals surface area contributed by atoms with Gasteiger partial charge in [-0.3, -0.25) is 10.1 Å². The molecule has 0 aliphatic rings. The molecule has 3 rings (SSSR count). The van der Waals surface area contributed by atoms with Crippen LogP contribution in [-0.2, 0) is 6.54 Å². The third-order valence-electron chi connectivity index (χ3n) is 4.15. The van der Waals surface area contributed by atoms with Gasteiger partial charge in [0.05, 0.1) is 19.4 Å². The number of hydrogen-bond donors (Lipinski definition) is 2. The van der Waals surface area contributed by atoms with Crippen molar-refractivity contribution in [1.29, 1.82) is 0 Å². The van der Waals surface area contributed by atoms with Gasteiger partial charge in [0.1, 0.15) is 18.2 Å². The fourth-order valence-electron chi connectivity index (χ4n) is 2.86. The molecule has 0 aliphatic heterocycles. The summed E-state index contributed by atoms with van der Waals surface area (Å²) < 4.78 is 11.2. The molecule has 9 heteroatoms. The topological polar surface area (TPSA) is 91.6 Å². The molecule has 2 heterocycles. The number of aromatic amines is 1. The molecule has 2 aromatic heterocycles. The number of nitrogens with one attached hydrogen (secondary N) is 2. The number of likely N-dealkylation sites (N-methyl/N-ethyl adjacent to an activating group) is 1. The molecule has 8 nitrogen and oxygen atoms in total. The Kier molecular flexibility index (Phi) is 8.50. The van der Waals surface area contributed by atoms with Crippen LogP contribution >= 0.6 is 24.0 Å². The molecule has 0 unspecified atom stereocenters. The second-order valence-corrected chi connectivity index (χ2v) is 6.58. The minimum atomic E-state index is 0. The van der Waals surface area contributed by atoms with Crippen molar-refractivity contribution in [1.82, 2.24) is 25.4 Å². The van der Waals surface area contributed by atoms with Gasteiger partial charge < -0.3 is 19.4 Å². The van der Waals surface area contributed by atoms with Gasteiger partial charge in [0.2, 0.25) is 5.82 Å². The minimum absolute atomic E-state index is 0. The molecule has 0 spiro atoms. The maximum atomic E-state index is 5.88. The summed E-state index contributed by atoms with van der Waals surface area (Å²) in [5, 5.41) is 10.3. The van der Waals surface area contributed by atoms with Crippen molar-refractivity contribution in [3.05, 3.63) is 53.5 Å². The van der Waals surface area contributed by atoms with Gasteiger partial charge in [0, 0.05) is 14.1 Å². The molecule has 1 aromatic carbocycles. The van der Waals surface area contributed by atoms with Gasteiger partial charge in [-0.2, -0.15) is 0 Å². The van der Waals surface area contributed by atoms with Crippen LogP contribution in [0.1, 0.15) is 17.0 Å². The van der Waals surface area contributed by atoms with Crippen molar-refractivity contribution in [2.24, 2.45) is 4.99 Å². The standard InChI is InChI=1S/C20H26N6O2.HI/c1-14-10-15(2)12-16(11-14)27-9-7-26(4)20(21-3)22-13-18-23-19(25-24-18)17-6-5-8-28-17;/h5-6,8,10-12H,7,9,13H2,1-4H3,(H,21,22)(H,23,24,25);1H. The molecule has 0 saturated heterocycles. The normalized spacial score (nSPS) is 11.1. The van der Waals surface area contributed by atoms with Crippen LogP contribution < -0.4 is 10.1 Å². The van der Waals surface area contributed by atoms with Crippen LogP contribution in [0.2, 0.25) is 0 Å². The van der Waals surface area contributed by atoms with Gasteiger partial charge in [-0.15, -0.1) is 29.1 Å². The first-order valence-electron chi connectivity index (χ1n) is 9.13. The van der Waals surface area contributed by atoms with E-state index >= 15 is 0 Å². The molecule has 156 valence electrons. The lowest BCUT2D eigenvalue weighted by Gasteiger charge is -2.21. The Labute approximate surface area is 187 Å². The molecule has 0 amide bonds. The van der Waals surface area contributed by atoms with Gasteiger partial charge in [-0.1, -0.05) is 6.07 Å². The summed E-state index contributed by atoms with van der Waals surface area (Å²) in [6, 6.07) is 9.84. The van der Waals surface area contributed by atoms with E-state index in [2.05, 4.69) is 45.4 Å². The Morgan fingerprint density at radius 3 is 2.69 bits per heavy atom. The zero-order valence-corrected chi connectivity index (χ0v) is 19.4. The average Bonchev–Trinajstić information content (AvgIpc) is 3.33. The Morgan fingerprint density at radius 2 is 2.03 bits per heavy atom. The monoisotopic (exact) mass is 510 g/mol. The molecule has 2 N–H and O–H groups in total. The van der Waals surface area contributed by atoms with Crippen molar-refractivity contribution < 1.29 is 9.15 Å². The fraction of sp³-hybridized carbons (Fsp3) is 0.350. The van der Waals surface area contributed by atoms with Gasteiger partial charge >= 0.3 is 0 Å². The summed E-state index contributed by atoms with van der Waals surface area (Å²) in [7, 11) is 3.72. The van der Waals surface area contributed by atoms with Gasteiger partial charge in [-0.05, 0) is 49.2 Å². The second kappa shape index (κ2) is 10.8. The molecule has 0 fully saturated rings. The SMILES string of the molecule is CN=C(NCc1nc(-c2ccco2)n[nH]1)N(C)CCOc1cc(C)cc(C)c1.I. The lowest BCUT2D eigenvalue weighted by atomic mass is 10.1. The van der Waals surface area contributed by atoms with Crippen LogP contribution in [0.15, 0.2) is 46.0 Å². The van der Waals surface area contributed by atoms with Gasteiger partial charge in [0.15, 0.2) is 11.7 Å². The van der Waals surface area contributed by atoms with Gasteiger partial charge in [0.25, 0.3) is 0 Å². The molecule has 0 atom stereocenters. The number of hydrogen-bond acceptors (Lipinski definition) is 5. The number of benzene rings is 1. The summed E-state index contributed by atoms with van der Waals surface area (Å²) in [6.45, 7) is 5.87. The van der Waals surface area contributed by atoms with Crippen LogP contribution in [0.3, 0.4) is 0 Å². The smallest absolute Gasteiger partial charge is 0.216 e. The summed E-state index contributed by atoms with van der Waals surface area (Å²) in [5.74, 6) is 3.51. The first-order chi connectivity index (χ1) is 13.5. The van der Waals surface area contributed by atoms with Crippen molar-refractivity contribution in [2.75, 3.05) is 27.2 Å². The maximum Gasteiger partial charge on any atom is 0.216 e. The maximum absolute atomic E-state index is 5.88. The number of aliphatic imine (C=N–C) groups is 1. The predicted octanol–water partition coefficient (Wildman–Crippen LogP) is 3.39. The van der Waals surface area contributed by atoms with E-state index in [1.54, 1.807) is 19.4 Å².